The number of aryl methyl sites for hydroxylation is 1. The normalized spacial score (nSPS) is 10.5. The summed E-state index contributed by atoms with van der Waals surface area (Å²) in [4.78, 5) is 8.54. The molecule has 0 saturated carbocycles. The zero-order chi connectivity index (χ0) is 12.4. The molecule has 2 heterocycles. The van der Waals surface area contributed by atoms with Gasteiger partial charge in [-0.3, -0.25) is 5.32 Å². The molecule has 6 heteroatoms. The number of anilines is 2. The van der Waals surface area contributed by atoms with Crippen molar-refractivity contribution in [3.8, 4) is 11.3 Å². The number of hydrogen-bond acceptors (Lipinski definition) is 6. The second-order valence-electron chi connectivity index (χ2n) is 3.67. The quantitative estimate of drug-likeness (QED) is 0.781. The highest BCUT2D eigenvalue weighted by atomic mass is 32.1. The van der Waals surface area contributed by atoms with E-state index in [2.05, 4.69) is 20.4 Å². The van der Waals surface area contributed by atoms with Crippen molar-refractivity contribution in [3.63, 3.8) is 0 Å². The van der Waals surface area contributed by atoms with Gasteiger partial charge >= 0.3 is 0 Å². The van der Waals surface area contributed by atoms with E-state index in [0.29, 0.717) is 11.8 Å². The van der Waals surface area contributed by atoms with Gasteiger partial charge in [-0.2, -0.15) is 4.98 Å². The Balaban J connectivity index is 1.82. The van der Waals surface area contributed by atoms with E-state index in [4.69, 9.17) is 4.52 Å². The lowest BCUT2D eigenvalue weighted by molar-refractivity contribution is 0.394. The van der Waals surface area contributed by atoms with Crippen LogP contribution in [-0.4, -0.2) is 15.1 Å². The third-order valence-corrected chi connectivity index (χ3v) is 3.08. The molecule has 0 amide bonds. The Bertz CT molecular complexity index is 647. The summed E-state index contributed by atoms with van der Waals surface area (Å²) in [6, 6.07) is 10.0. The lowest BCUT2D eigenvalue weighted by atomic mass is 10.2. The van der Waals surface area contributed by atoms with Crippen molar-refractivity contribution >= 4 is 22.4 Å². The molecule has 18 heavy (non-hydrogen) atoms. The largest absolute Gasteiger partial charge is 0.338 e. The minimum Gasteiger partial charge on any atom is -0.338 e. The van der Waals surface area contributed by atoms with Crippen LogP contribution in [0.3, 0.4) is 0 Å². The minimum absolute atomic E-state index is 0.432. The Morgan fingerprint density at radius 1 is 1.17 bits per heavy atom. The summed E-state index contributed by atoms with van der Waals surface area (Å²) in [5, 5.41) is 9.50. The van der Waals surface area contributed by atoms with Crippen LogP contribution in [0, 0.1) is 6.92 Å². The Morgan fingerprint density at radius 3 is 2.72 bits per heavy atom. The van der Waals surface area contributed by atoms with Crippen molar-refractivity contribution < 1.29 is 4.52 Å². The molecular weight excluding hydrogens is 248 g/mol. The van der Waals surface area contributed by atoms with Crippen LogP contribution in [0.5, 0.6) is 0 Å². The van der Waals surface area contributed by atoms with Gasteiger partial charge in [-0.1, -0.05) is 30.3 Å². The molecule has 0 aliphatic carbocycles. The van der Waals surface area contributed by atoms with E-state index in [1.807, 2.05) is 35.7 Å². The summed E-state index contributed by atoms with van der Waals surface area (Å²) in [5.74, 6) is 0.957. The zero-order valence-corrected chi connectivity index (χ0v) is 10.4. The Labute approximate surface area is 108 Å². The molecule has 1 N–H and O–H groups in total. The number of hydrogen-bond donors (Lipinski definition) is 1. The summed E-state index contributed by atoms with van der Waals surface area (Å²) in [6.07, 6.45) is 0. The standard InChI is InChI=1S/C12H10N4OS/c1-8-13-11(16-17-8)15-12-14-10(7-18-12)9-5-3-2-4-6-9/h2-7H,1H3,(H,14,15,16). The number of rotatable bonds is 3. The van der Waals surface area contributed by atoms with Gasteiger partial charge in [0.2, 0.25) is 5.89 Å². The van der Waals surface area contributed by atoms with Gasteiger partial charge in [0.1, 0.15) is 0 Å². The van der Waals surface area contributed by atoms with Crippen molar-refractivity contribution in [2.75, 3.05) is 5.32 Å². The second-order valence-corrected chi connectivity index (χ2v) is 4.52. The van der Waals surface area contributed by atoms with Crippen LogP contribution in [0.4, 0.5) is 11.1 Å². The summed E-state index contributed by atoms with van der Waals surface area (Å²) >= 11 is 1.50. The van der Waals surface area contributed by atoms with E-state index in [1.165, 1.54) is 11.3 Å². The Morgan fingerprint density at radius 2 is 2.00 bits per heavy atom. The maximum Gasteiger partial charge on any atom is 0.269 e. The third kappa shape index (κ3) is 2.23. The molecular formula is C12H10N4OS. The van der Waals surface area contributed by atoms with Gasteiger partial charge in [-0.05, 0) is 5.16 Å². The first-order valence-electron chi connectivity index (χ1n) is 5.39. The third-order valence-electron chi connectivity index (χ3n) is 2.32. The number of nitrogens with one attached hydrogen (secondary N) is 1. The van der Waals surface area contributed by atoms with Crippen molar-refractivity contribution in [1.29, 1.82) is 0 Å². The van der Waals surface area contributed by atoms with Crippen molar-refractivity contribution in [1.82, 2.24) is 15.1 Å². The van der Waals surface area contributed by atoms with E-state index < -0.39 is 0 Å². The van der Waals surface area contributed by atoms with E-state index in [0.717, 1.165) is 16.4 Å². The molecule has 0 bridgehead atoms. The first-order chi connectivity index (χ1) is 8.81. The van der Waals surface area contributed by atoms with Crippen LogP contribution in [0.1, 0.15) is 5.89 Å². The van der Waals surface area contributed by atoms with Crippen LogP contribution in [0.15, 0.2) is 40.2 Å². The maximum absolute atomic E-state index is 4.88. The fraction of sp³-hybridized carbons (Fsp3) is 0.0833. The summed E-state index contributed by atoms with van der Waals surface area (Å²) < 4.78 is 4.88. The molecule has 0 aliphatic rings. The summed E-state index contributed by atoms with van der Waals surface area (Å²) in [6.45, 7) is 1.75. The smallest absolute Gasteiger partial charge is 0.269 e. The molecule has 0 spiro atoms. The molecule has 0 unspecified atom stereocenters. The monoisotopic (exact) mass is 258 g/mol. The number of nitrogens with zero attached hydrogens (tertiary/aromatic N) is 3. The molecule has 0 saturated heterocycles. The van der Waals surface area contributed by atoms with E-state index in [1.54, 1.807) is 6.92 Å². The predicted octanol–water partition coefficient (Wildman–Crippen LogP) is 3.25. The molecule has 1 aromatic carbocycles. The molecule has 0 aliphatic heterocycles. The van der Waals surface area contributed by atoms with E-state index in [-0.39, 0.29) is 0 Å². The summed E-state index contributed by atoms with van der Waals surface area (Å²) in [7, 11) is 0. The molecule has 3 aromatic rings. The van der Waals surface area contributed by atoms with Crippen LogP contribution in [-0.2, 0) is 0 Å². The Kier molecular flexibility index (Phi) is 2.77. The lowest BCUT2D eigenvalue weighted by Crippen LogP contribution is -1.91. The van der Waals surface area contributed by atoms with E-state index >= 15 is 0 Å². The van der Waals surface area contributed by atoms with Gasteiger partial charge in [0.15, 0.2) is 5.13 Å². The van der Waals surface area contributed by atoms with Crippen molar-refractivity contribution in [2.45, 2.75) is 6.92 Å². The van der Waals surface area contributed by atoms with Gasteiger partial charge in [-0.25, -0.2) is 4.98 Å². The van der Waals surface area contributed by atoms with Gasteiger partial charge in [0.05, 0.1) is 5.69 Å². The molecule has 0 atom stereocenters. The van der Waals surface area contributed by atoms with Crippen LogP contribution < -0.4 is 5.32 Å². The van der Waals surface area contributed by atoms with Gasteiger partial charge in [0.25, 0.3) is 5.95 Å². The zero-order valence-electron chi connectivity index (χ0n) is 9.62. The highest BCUT2D eigenvalue weighted by Gasteiger charge is 2.07. The topological polar surface area (TPSA) is 63.8 Å². The fourth-order valence-electron chi connectivity index (χ4n) is 1.52. The predicted molar refractivity (Wildman–Crippen MR) is 69.9 cm³/mol. The van der Waals surface area contributed by atoms with Crippen LogP contribution >= 0.6 is 11.3 Å². The summed E-state index contributed by atoms with van der Waals surface area (Å²) in [5.41, 5.74) is 2.02. The van der Waals surface area contributed by atoms with Crippen molar-refractivity contribution in [2.24, 2.45) is 0 Å². The Hall–Kier alpha value is -2.21. The fourth-order valence-corrected chi connectivity index (χ4v) is 2.23. The second kappa shape index (κ2) is 4.58. The molecule has 0 radical (unpaired) electrons. The van der Waals surface area contributed by atoms with Crippen molar-refractivity contribution in [3.05, 3.63) is 41.6 Å². The average molecular weight is 258 g/mol. The van der Waals surface area contributed by atoms with Gasteiger partial charge < -0.3 is 4.52 Å². The highest BCUT2D eigenvalue weighted by Crippen LogP contribution is 2.25. The number of thiazole rings is 1. The number of aromatic nitrogens is 3. The van der Waals surface area contributed by atoms with Gasteiger partial charge in [0, 0.05) is 17.9 Å². The molecule has 2 aromatic heterocycles. The maximum atomic E-state index is 4.88. The van der Waals surface area contributed by atoms with Gasteiger partial charge in [-0.15, -0.1) is 11.3 Å². The first-order valence-corrected chi connectivity index (χ1v) is 6.27. The molecule has 90 valence electrons. The lowest BCUT2D eigenvalue weighted by Gasteiger charge is -1.95. The van der Waals surface area contributed by atoms with E-state index in [9.17, 15) is 0 Å². The SMILES string of the molecule is Cc1nc(Nc2nc(-c3ccccc3)cs2)no1. The minimum atomic E-state index is 0.432. The molecule has 0 fully saturated rings. The van der Waals surface area contributed by atoms with Crippen LogP contribution in [0.2, 0.25) is 0 Å². The van der Waals surface area contributed by atoms with Crippen LogP contribution in [0.25, 0.3) is 11.3 Å². The average Bonchev–Trinajstić information content (AvgIpc) is 3.01. The highest BCUT2D eigenvalue weighted by molar-refractivity contribution is 7.14. The first kappa shape index (κ1) is 10.9. The number of benzene rings is 1. The molecule has 5 nitrogen and oxygen atoms in total. The molecule has 3 rings (SSSR count).